The quantitative estimate of drug-likeness (QED) is 0.636. The number of fused-ring (bicyclic) bond motifs is 1. The van der Waals surface area contributed by atoms with Gasteiger partial charge in [-0.1, -0.05) is 0 Å². The normalized spacial score (nSPS) is 47.5. The molecule has 0 atom stereocenters. The van der Waals surface area contributed by atoms with Gasteiger partial charge in [0.2, 0.25) is 0 Å². The van der Waals surface area contributed by atoms with E-state index in [1.807, 2.05) is 0 Å². The minimum atomic E-state index is -0.182. The summed E-state index contributed by atoms with van der Waals surface area (Å²) in [6.07, 6.45) is 1.95. The maximum Gasteiger partial charge on any atom is 0.0926 e. The molecule has 64 valence electrons. The van der Waals surface area contributed by atoms with Crippen molar-refractivity contribution in [2.24, 2.45) is 5.41 Å². The highest BCUT2D eigenvalue weighted by molar-refractivity contribution is 5.10. The van der Waals surface area contributed by atoms with Crippen molar-refractivity contribution in [1.29, 1.82) is 0 Å². The Kier molecular flexibility index (Phi) is 1.50. The molecule has 1 N–H and O–H groups in total. The first kappa shape index (κ1) is 7.53. The van der Waals surface area contributed by atoms with Crippen LogP contribution in [0, 0.1) is 5.41 Å². The Balaban J connectivity index is 1.97. The summed E-state index contributed by atoms with van der Waals surface area (Å²) in [7, 11) is 1.71. The van der Waals surface area contributed by atoms with Gasteiger partial charge in [-0.15, -0.1) is 0 Å². The Bertz CT molecular complexity index is 161. The number of ether oxygens (including phenoxy) is 2. The Morgan fingerprint density at radius 2 is 2.27 bits per heavy atom. The second-order valence-corrected chi connectivity index (χ2v) is 3.92. The summed E-state index contributed by atoms with van der Waals surface area (Å²) in [5.41, 5.74) is 0.0655. The molecule has 2 heterocycles. The number of rotatable bonds is 3. The fourth-order valence-electron chi connectivity index (χ4n) is 2.43. The molecule has 2 saturated heterocycles. The van der Waals surface area contributed by atoms with Crippen molar-refractivity contribution in [3.63, 3.8) is 0 Å². The molecule has 3 fully saturated rings. The summed E-state index contributed by atoms with van der Waals surface area (Å²) in [6, 6.07) is 0. The van der Waals surface area contributed by atoms with Gasteiger partial charge in [-0.3, -0.25) is 0 Å². The SMILES string of the molecule is COCC12COC(CO)(C1)C2. The van der Waals surface area contributed by atoms with Crippen LogP contribution < -0.4 is 0 Å². The van der Waals surface area contributed by atoms with E-state index in [-0.39, 0.29) is 17.6 Å². The number of aliphatic hydroxyl groups is 1. The molecular weight excluding hydrogens is 144 g/mol. The fourth-order valence-corrected chi connectivity index (χ4v) is 2.43. The maximum absolute atomic E-state index is 8.98. The zero-order valence-electron chi connectivity index (χ0n) is 6.80. The van der Waals surface area contributed by atoms with Gasteiger partial charge < -0.3 is 14.6 Å². The van der Waals surface area contributed by atoms with E-state index in [9.17, 15) is 0 Å². The van der Waals surface area contributed by atoms with Crippen molar-refractivity contribution in [3.05, 3.63) is 0 Å². The topological polar surface area (TPSA) is 38.7 Å². The number of aliphatic hydroxyl groups excluding tert-OH is 1. The third-order valence-electron chi connectivity index (χ3n) is 2.82. The first-order valence-electron chi connectivity index (χ1n) is 3.98. The number of hydrogen-bond donors (Lipinski definition) is 1. The molecule has 3 nitrogen and oxygen atoms in total. The van der Waals surface area contributed by atoms with Gasteiger partial charge in [0.05, 0.1) is 25.4 Å². The van der Waals surface area contributed by atoms with Gasteiger partial charge in [-0.25, -0.2) is 0 Å². The predicted octanol–water partition coefficient (Wildman–Crippen LogP) is 0.174. The Labute approximate surface area is 66.3 Å². The fraction of sp³-hybridized carbons (Fsp3) is 1.00. The van der Waals surface area contributed by atoms with E-state index in [1.165, 1.54) is 0 Å². The van der Waals surface area contributed by atoms with Crippen LogP contribution in [0.4, 0.5) is 0 Å². The predicted molar refractivity (Wildman–Crippen MR) is 39.3 cm³/mol. The van der Waals surface area contributed by atoms with Crippen LogP contribution in [0.3, 0.4) is 0 Å². The third kappa shape index (κ3) is 0.916. The van der Waals surface area contributed by atoms with Crippen LogP contribution in [0.1, 0.15) is 12.8 Å². The minimum Gasteiger partial charge on any atom is -0.393 e. The lowest BCUT2D eigenvalue weighted by atomic mass is 9.63. The maximum atomic E-state index is 8.98. The van der Waals surface area contributed by atoms with Gasteiger partial charge in [0.25, 0.3) is 0 Å². The van der Waals surface area contributed by atoms with Gasteiger partial charge in [0, 0.05) is 12.5 Å². The molecule has 0 spiro atoms. The van der Waals surface area contributed by atoms with Gasteiger partial charge in [-0.2, -0.15) is 0 Å². The smallest absolute Gasteiger partial charge is 0.0926 e. The summed E-state index contributed by atoms with van der Waals surface area (Å²) in [5.74, 6) is 0. The van der Waals surface area contributed by atoms with Gasteiger partial charge in [0.15, 0.2) is 0 Å². The summed E-state index contributed by atoms with van der Waals surface area (Å²) in [5, 5.41) is 8.98. The van der Waals surface area contributed by atoms with Crippen molar-refractivity contribution >= 4 is 0 Å². The molecule has 3 heteroatoms. The van der Waals surface area contributed by atoms with Crippen LogP contribution in [-0.2, 0) is 9.47 Å². The van der Waals surface area contributed by atoms with E-state index < -0.39 is 0 Å². The molecule has 1 aliphatic carbocycles. The molecule has 3 aliphatic rings. The molecule has 0 aromatic heterocycles. The average Bonchev–Trinajstić information content (AvgIpc) is 2.43. The highest BCUT2D eigenvalue weighted by atomic mass is 16.5. The summed E-state index contributed by atoms with van der Waals surface area (Å²) < 4.78 is 10.6. The van der Waals surface area contributed by atoms with E-state index in [4.69, 9.17) is 14.6 Å². The van der Waals surface area contributed by atoms with Crippen molar-refractivity contribution in [2.75, 3.05) is 26.9 Å². The monoisotopic (exact) mass is 158 g/mol. The number of hydrogen-bond acceptors (Lipinski definition) is 3. The summed E-state index contributed by atoms with van der Waals surface area (Å²) in [4.78, 5) is 0. The molecule has 0 aromatic carbocycles. The zero-order valence-corrected chi connectivity index (χ0v) is 6.80. The van der Waals surface area contributed by atoms with Crippen LogP contribution in [0.5, 0.6) is 0 Å². The van der Waals surface area contributed by atoms with Crippen LogP contribution in [0.15, 0.2) is 0 Å². The first-order chi connectivity index (χ1) is 5.24. The molecule has 11 heavy (non-hydrogen) atoms. The van der Waals surface area contributed by atoms with Crippen molar-refractivity contribution in [3.8, 4) is 0 Å². The van der Waals surface area contributed by atoms with Crippen LogP contribution in [0.2, 0.25) is 0 Å². The molecule has 3 rings (SSSR count). The molecule has 1 saturated carbocycles. The Hall–Kier alpha value is -0.120. The molecular formula is C8H14O3. The van der Waals surface area contributed by atoms with Gasteiger partial charge >= 0.3 is 0 Å². The average molecular weight is 158 g/mol. The summed E-state index contributed by atoms with van der Waals surface area (Å²) >= 11 is 0. The molecule has 0 radical (unpaired) electrons. The van der Waals surface area contributed by atoms with Gasteiger partial charge in [-0.05, 0) is 12.8 Å². The van der Waals surface area contributed by atoms with Crippen LogP contribution in [-0.4, -0.2) is 37.6 Å². The van der Waals surface area contributed by atoms with E-state index in [1.54, 1.807) is 7.11 Å². The van der Waals surface area contributed by atoms with Crippen LogP contribution in [0.25, 0.3) is 0 Å². The lowest BCUT2D eigenvalue weighted by Gasteiger charge is -2.42. The standard InChI is InChI=1S/C8H14O3/c1-10-5-7-2-8(3-7,4-9)11-6-7/h9H,2-6H2,1H3. The first-order valence-corrected chi connectivity index (χ1v) is 3.98. The lowest BCUT2D eigenvalue weighted by molar-refractivity contribution is -0.0702. The third-order valence-corrected chi connectivity index (χ3v) is 2.82. The Morgan fingerprint density at radius 1 is 1.55 bits per heavy atom. The zero-order chi connectivity index (χ0) is 7.95. The molecule has 2 aliphatic heterocycles. The Morgan fingerprint density at radius 3 is 2.73 bits per heavy atom. The van der Waals surface area contributed by atoms with E-state index in [0.29, 0.717) is 0 Å². The summed E-state index contributed by atoms with van der Waals surface area (Å²) in [6.45, 7) is 1.70. The van der Waals surface area contributed by atoms with Crippen molar-refractivity contribution in [2.45, 2.75) is 18.4 Å². The van der Waals surface area contributed by atoms with E-state index >= 15 is 0 Å². The molecule has 0 amide bonds. The van der Waals surface area contributed by atoms with Gasteiger partial charge in [0.1, 0.15) is 0 Å². The molecule has 0 aromatic rings. The highest BCUT2D eigenvalue weighted by Crippen LogP contribution is 2.57. The van der Waals surface area contributed by atoms with Crippen molar-refractivity contribution < 1.29 is 14.6 Å². The molecule has 0 unspecified atom stereocenters. The largest absolute Gasteiger partial charge is 0.393 e. The molecule has 2 bridgehead atoms. The van der Waals surface area contributed by atoms with Crippen molar-refractivity contribution in [1.82, 2.24) is 0 Å². The van der Waals surface area contributed by atoms with E-state index in [0.717, 1.165) is 26.1 Å². The van der Waals surface area contributed by atoms with E-state index in [2.05, 4.69) is 0 Å². The second-order valence-electron chi connectivity index (χ2n) is 3.92. The van der Waals surface area contributed by atoms with Crippen LogP contribution >= 0.6 is 0 Å². The lowest BCUT2D eigenvalue weighted by Crippen LogP contribution is -2.48. The second kappa shape index (κ2) is 2.19. The number of methoxy groups -OCH3 is 1. The minimum absolute atomic E-state index is 0.165. The highest BCUT2D eigenvalue weighted by Gasteiger charge is 2.61.